The van der Waals surface area contributed by atoms with Gasteiger partial charge in [-0.15, -0.1) is 0 Å². The summed E-state index contributed by atoms with van der Waals surface area (Å²) in [5.74, 6) is 0. The smallest absolute Gasteiger partial charge is 0.266 e. The van der Waals surface area contributed by atoms with Crippen LogP contribution in [0.1, 0.15) is 24.6 Å². The summed E-state index contributed by atoms with van der Waals surface area (Å²) < 4.78 is 1.34. The van der Waals surface area contributed by atoms with E-state index in [0.717, 1.165) is 6.42 Å². The molecule has 0 bridgehead atoms. The van der Waals surface area contributed by atoms with E-state index >= 15 is 0 Å². The van der Waals surface area contributed by atoms with E-state index in [1.54, 1.807) is 6.92 Å². The predicted octanol–water partition coefficient (Wildman–Crippen LogP) is 0.833. The molecule has 1 rings (SSSR count). The van der Waals surface area contributed by atoms with Gasteiger partial charge in [0.2, 0.25) is 0 Å². The summed E-state index contributed by atoms with van der Waals surface area (Å²) in [6.45, 7) is 4.30. The maximum absolute atomic E-state index is 11.4. The first-order valence-electron chi connectivity index (χ1n) is 4.18. The van der Waals surface area contributed by atoms with Crippen LogP contribution in [0.4, 0.5) is 0 Å². The third kappa shape index (κ3) is 1.94. The van der Waals surface area contributed by atoms with Crippen molar-refractivity contribution in [3.8, 4) is 6.07 Å². The average Bonchev–Trinajstić information content (AvgIpc) is 2.11. The fourth-order valence-corrected chi connectivity index (χ4v) is 1.12. The number of rotatable bonds is 2. The maximum Gasteiger partial charge on any atom is 0.284 e. The van der Waals surface area contributed by atoms with Gasteiger partial charge in [0, 0.05) is 6.54 Å². The van der Waals surface area contributed by atoms with Crippen molar-refractivity contribution in [3.63, 3.8) is 0 Å². The van der Waals surface area contributed by atoms with Crippen LogP contribution in [-0.2, 0) is 6.54 Å². The highest BCUT2D eigenvalue weighted by atomic mass is 16.1. The van der Waals surface area contributed by atoms with Crippen LogP contribution in [0.25, 0.3) is 0 Å². The van der Waals surface area contributed by atoms with E-state index in [1.807, 2.05) is 13.0 Å². The molecule has 0 radical (unpaired) electrons. The van der Waals surface area contributed by atoms with E-state index < -0.39 is 0 Å². The molecule has 0 amide bonds. The molecule has 0 aliphatic carbocycles. The SMILES string of the molecule is CCCn1nc(C)cc(C#N)c1=O. The van der Waals surface area contributed by atoms with Gasteiger partial charge in [-0.2, -0.15) is 10.4 Å². The van der Waals surface area contributed by atoms with Gasteiger partial charge in [-0.05, 0) is 19.4 Å². The first-order chi connectivity index (χ1) is 6.19. The van der Waals surface area contributed by atoms with Gasteiger partial charge in [0.15, 0.2) is 0 Å². The normalized spacial score (nSPS) is 9.62. The van der Waals surface area contributed by atoms with Crippen LogP contribution in [0, 0.1) is 18.3 Å². The van der Waals surface area contributed by atoms with Crippen molar-refractivity contribution in [2.75, 3.05) is 0 Å². The number of hydrogen-bond donors (Lipinski definition) is 0. The van der Waals surface area contributed by atoms with Gasteiger partial charge >= 0.3 is 0 Å². The van der Waals surface area contributed by atoms with Gasteiger partial charge < -0.3 is 0 Å². The standard InChI is InChI=1S/C9H11N3O/c1-3-4-12-9(13)8(6-10)5-7(2)11-12/h5H,3-4H2,1-2H3. The summed E-state index contributed by atoms with van der Waals surface area (Å²) in [5.41, 5.74) is 0.570. The molecule has 0 aliphatic rings. The zero-order chi connectivity index (χ0) is 9.84. The van der Waals surface area contributed by atoms with Crippen molar-refractivity contribution in [3.05, 3.63) is 27.7 Å². The van der Waals surface area contributed by atoms with E-state index in [9.17, 15) is 4.79 Å². The van der Waals surface area contributed by atoms with Gasteiger partial charge in [0.1, 0.15) is 11.6 Å². The fourth-order valence-electron chi connectivity index (χ4n) is 1.12. The van der Waals surface area contributed by atoms with Crippen molar-refractivity contribution >= 4 is 0 Å². The lowest BCUT2D eigenvalue weighted by molar-refractivity contribution is 0.559. The van der Waals surface area contributed by atoms with Crippen LogP contribution in [0.3, 0.4) is 0 Å². The summed E-state index contributed by atoms with van der Waals surface area (Å²) >= 11 is 0. The Labute approximate surface area is 76.4 Å². The molecule has 0 saturated carbocycles. The molecule has 1 aromatic heterocycles. The maximum atomic E-state index is 11.4. The third-order valence-corrected chi connectivity index (χ3v) is 1.65. The van der Waals surface area contributed by atoms with Crippen LogP contribution in [-0.4, -0.2) is 9.78 Å². The lowest BCUT2D eigenvalue weighted by Crippen LogP contribution is -2.25. The minimum Gasteiger partial charge on any atom is -0.266 e. The fraction of sp³-hybridized carbons (Fsp3) is 0.444. The Morgan fingerprint density at radius 1 is 1.69 bits per heavy atom. The quantitative estimate of drug-likeness (QED) is 0.672. The molecule has 0 atom stereocenters. The van der Waals surface area contributed by atoms with E-state index in [0.29, 0.717) is 12.2 Å². The first kappa shape index (κ1) is 9.46. The zero-order valence-electron chi connectivity index (χ0n) is 7.74. The second-order valence-corrected chi connectivity index (χ2v) is 2.84. The molecule has 0 aliphatic heterocycles. The van der Waals surface area contributed by atoms with E-state index in [2.05, 4.69) is 5.10 Å². The lowest BCUT2D eigenvalue weighted by atomic mass is 10.3. The second kappa shape index (κ2) is 3.85. The Morgan fingerprint density at radius 3 is 2.92 bits per heavy atom. The molecule has 1 aromatic rings. The highest BCUT2D eigenvalue weighted by Gasteiger charge is 2.04. The Morgan fingerprint density at radius 2 is 2.38 bits per heavy atom. The lowest BCUT2D eigenvalue weighted by Gasteiger charge is -2.03. The molecule has 0 unspecified atom stereocenters. The van der Waals surface area contributed by atoms with Crippen LogP contribution >= 0.6 is 0 Å². The van der Waals surface area contributed by atoms with Crippen LogP contribution in [0.2, 0.25) is 0 Å². The molecule has 0 saturated heterocycles. The van der Waals surface area contributed by atoms with E-state index in [-0.39, 0.29) is 11.1 Å². The summed E-state index contributed by atoms with van der Waals surface area (Å²) in [6, 6.07) is 3.37. The van der Waals surface area contributed by atoms with Crippen molar-refractivity contribution < 1.29 is 0 Å². The van der Waals surface area contributed by atoms with Gasteiger partial charge in [-0.25, -0.2) is 4.68 Å². The highest BCUT2D eigenvalue weighted by molar-refractivity contribution is 5.26. The molecule has 1 heterocycles. The topological polar surface area (TPSA) is 58.7 Å². The van der Waals surface area contributed by atoms with Gasteiger partial charge in [-0.3, -0.25) is 4.79 Å². The summed E-state index contributed by atoms with van der Waals surface area (Å²) in [4.78, 5) is 11.4. The summed E-state index contributed by atoms with van der Waals surface area (Å²) in [5, 5.41) is 12.7. The molecule has 68 valence electrons. The van der Waals surface area contributed by atoms with Crippen molar-refractivity contribution in [1.29, 1.82) is 5.26 Å². The Hall–Kier alpha value is -1.63. The highest BCUT2D eigenvalue weighted by Crippen LogP contribution is 1.93. The van der Waals surface area contributed by atoms with Gasteiger partial charge in [0.25, 0.3) is 5.56 Å². The van der Waals surface area contributed by atoms with Crippen LogP contribution in [0.5, 0.6) is 0 Å². The first-order valence-corrected chi connectivity index (χ1v) is 4.18. The minimum absolute atomic E-state index is 0.168. The summed E-state index contributed by atoms with van der Waals surface area (Å²) in [7, 11) is 0. The Bertz CT molecular complexity index is 400. The predicted molar refractivity (Wildman–Crippen MR) is 48.2 cm³/mol. The molecule has 13 heavy (non-hydrogen) atoms. The van der Waals surface area contributed by atoms with Crippen molar-refractivity contribution in [2.45, 2.75) is 26.8 Å². The van der Waals surface area contributed by atoms with E-state index in [1.165, 1.54) is 10.7 Å². The van der Waals surface area contributed by atoms with Crippen molar-refractivity contribution in [2.24, 2.45) is 0 Å². The second-order valence-electron chi connectivity index (χ2n) is 2.84. The number of hydrogen-bond acceptors (Lipinski definition) is 3. The molecule has 0 aromatic carbocycles. The van der Waals surface area contributed by atoms with Gasteiger partial charge in [-0.1, -0.05) is 6.92 Å². The number of nitriles is 1. The van der Waals surface area contributed by atoms with Crippen LogP contribution < -0.4 is 5.56 Å². The third-order valence-electron chi connectivity index (χ3n) is 1.65. The van der Waals surface area contributed by atoms with Crippen molar-refractivity contribution in [1.82, 2.24) is 9.78 Å². The minimum atomic E-state index is -0.296. The molecule has 0 N–H and O–H groups in total. The molecular formula is C9H11N3O. The monoisotopic (exact) mass is 177 g/mol. The molecule has 0 fully saturated rings. The van der Waals surface area contributed by atoms with Crippen LogP contribution in [0.15, 0.2) is 10.9 Å². The molecule has 4 nitrogen and oxygen atoms in total. The molecule has 0 spiro atoms. The number of nitrogens with zero attached hydrogens (tertiary/aromatic N) is 3. The largest absolute Gasteiger partial charge is 0.284 e. The number of aryl methyl sites for hydroxylation is 2. The molecular weight excluding hydrogens is 166 g/mol. The zero-order valence-corrected chi connectivity index (χ0v) is 7.74. The number of aromatic nitrogens is 2. The average molecular weight is 177 g/mol. The van der Waals surface area contributed by atoms with E-state index in [4.69, 9.17) is 5.26 Å². The Balaban J connectivity index is 3.30. The Kier molecular flexibility index (Phi) is 2.80. The van der Waals surface area contributed by atoms with Gasteiger partial charge in [0.05, 0.1) is 5.69 Å². The molecule has 4 heteroatoms. The summed E-state index contributed by atoms with van der Waals surface area (Å²) in [6.07, 6.45) is 0.835.